The van der Waals surface area contributed by atoms with Gasteiger partial charge in [0.05, 0.1) is 16.1 Å². The molecular formula is C11H7N3O5. The van der Waals surface area contributed by atoms with Crippen LogP contribution in [-0.4, -0.2) is 31.9 Å². The van der Waals surface area contributed by atoms with Crippen molar-refractivity contribution in [2.75, 3.05) is 0 Å². The van der Waals surface area contributed by atoms with Crippen molar-refractivity contribution in [2.24, 2.45) is 0 Å². The second-order valence-corrected chi connectivity index (χ2v) is 3.66. The smallest absolute Gasteiger partial charge is 0.336 e. The van der Waals surface area contributed by atoms with Gasteiger partial charge in [-0.1, -0.05) is 0 Å². The zero-order chi connectivity index (χ0) is 14.0. The lowest BCUT2D eigenvalue weighted by atomic mass is 9.86. The highest BCUT2D eigenvalue weighted by Gasteiger charge is 2.38. The molecule has 0 saturated carbocycles. The van der Waals surface area contributed by atoms with Crippen LogP contribution < -0.4 is 0 Å². The Kier molecular flexibility index (Phi) is 3.09. The van der Waals surface area contributed by atoms with Crippen LogP contribution in [0.2, 0.25) is 0 Å². The van der Waals surface area contributed by atoms with E-state index < -0.39 is 16.8 Å². The summed E-state index contributed by atoms with van der Waals surface area (Å²) in [6, 6.07) is 0. The van der Waals surface area contributed by atoms with E-state index >= 15 is 0 Å². The lowest BCUT2D eigenvalue weighted by Gasteiger charge is -2.16. The molecule has 8 nitrogen and oxygen atoms in total. The largest absolute Gasteiger partial charge is 0.478 e. The number of nitro groups is 1. The molecule has 0 spiro atoms. The van der Waals surface area contributed by atoms with Gasteiger partial charge in [0.15, 0.2) is 0 Å². The number of H-pyrrole nitrogens is 1. The molecule has 96 valence electrons. The zero-order valence-corrected chi connectivity index (χ0v) is 9.36. The molecule has 8 heteroatoms. The highest BCUT2D eigenvalue weighted by Crippen LogP contribution is 2.36. The molecule has 0 radical (unpaired) electrons. The SMILES string of the molecule is O=C=C1C(C(=O)O)=CC=C([N+](=O)[O-])C1c1ncc[nH]1. The molecule has 0 amide bonds. The van der Waals surface area contributed by atoms with E-state index in [4.69, 9.17) is 5.11 Å². The van der Waals surface area contributed by atoms with Gasteiger partial charge in [0.2, 0.25) is 0 Å². The number of allylic oxidation sites excluding steroid dienone is 3. The molecule has 1 aromatic heterocycles. The molecule has 0 aromatic carbocycles. The Bertz CT molecular complexity index is 650. The van der Waals surface area contributed by atoms with Crippen molar-refractivity contribution >= 4 is 11.9 Å². The number of aliphatic carboxylic acids is 1. The van der Waals surface area contributed by atoms with E-state index in [1.54, 1.807) is 0 Å². The summed E-state index contributed by atoms with van der Waals surface area (Å²) >= 11 is 0. The van der Waals surface area contributed by atoms with Crippen molar-refractivity contribution in [2.45, 2.75) is 5.92 Å². The van der Waals surface area contributed by atoms with Gasteiger partial charge in [0.1, 0.15) is 17.7 Å². The molecule has 0 fully saturated rings. The second-order valence-electron chi connectivity index (χ2n) is 3.66. The minimum atomic E-state index is -1.35. The normalized spacial score (nSPS) is 18.3. The standard InChI is InChI=1S/C11H7N3O5/c15-5-7-6(11(16)17)1-2-8(14(18)19)9(7)10-12-3-4-13-10/h1-4,9H,(H,12,13)(H,16,17). The van der Waals surface area contributed by atoms with E-state index in [1.165, 1.54) is 18.3 Å². The fourth-order valence-corrected chi connectivity index (χ4v) is 1.84. The van der Waals surface area contributed by atoms with Crippen LogP contribution in [0.4, 0.5) is 0 Å². The van der Waals surface area contributed by atoms with Crippen molar-refractivity contribution < 1.29 is 19.6 Å². The number of carbonyl (C=O) groups excluding carboxylic acids is 1. The van der Waals surface area contributed by atoms with Crippen molar-refractivity contribution in [3.05, 3.63) is 57.3 Å². The third-order valence-corrected chi connectivity index (χ3v) is 2.64. The predicted molar refractivity (Wildman–Crippen MR) is 61.3 cm³/mol. The maximum absolute atomic E-state index is 11.0. The van der Waals surface area contributed by atoms with Crippen LogP contribution in [0, 0.1) is 10.1 Å². The predicted octanol–water partition coefficient (Wildman–Crippen LogP) is 0.436. The van der Waals surface area contributed by atoms with Gasteiger partial charge in [-0.15, -0.1) is 0 Å². The van der Waals surface area contributed by atoms with Crippen molar-refractivity contribution in [1.82, 2.24) is 9.97 Å². The van der Waals surface area contributed by atoms with Gasteiger partial charge < -0.3 is 10.1 Å². The number of nitrogens with zero attached hydrogens (tertiary/aromatic N) is 2. The first-order valence-corrected chi connectivity index (χ1v) is 5.10. The van der Waals surface area contributed by atoms with E-state index in [-0.39, 0.29) is 22.7 Å². The summed E-state index contributed by atoms with van der Waals surface area (Å²) in [4.78, 5) is 38.8. The number of rotatable bonds is 3. The van der Waals surface area contributed by atoms with E-state index in [0.29, 0.717) is 0 Å². The third-order valence-electron chi connectivity index (χ3n) is 2.64. The first-order valence-electron chi connectivity index (χ1n) is 5.10. The number of imidazole rings is 1. The van der Waals surface area contributed by atoms with E-state index in [2.05, 4.69) is 9.97 Å². The summed E-state index contributed by atoms with van der Waals surface area (Å²) in [6.45, 7) is 0. The number of hydrogen-bond acceptors (Lipinski definition) is 5. The maximum Gasteiger partial charge on any atom is 0.336 e. The Morgan fingerprint density at radius 1 is 1.53 bits per heavy atom. The maximum atomic E-state index is 11.0. The number of hydrogen-bond donors (Lipinski definition) is 2. The van der Waals surface area contributed by atoms with E-state index in [9.17, 15) is 19.7 Å². The minimum Gasteiger partial charge on any atom is -0.478 e. The molecule has 1 aliphatic carbocycles. The number of nitrogens with one attached hydrogen (secondary N) is 1. The molecule has 19 heavy (non-hydrogen) atoms. The van der Waals surface area contributed by atoms with Gasteiger partial charge in [-0.3, -0.25) is 10.1 Å². The lowest BCUT2D eigenvalue weighted by molar-refractivity contribution is -0.429. The Morgan fingerprint density at radius 2 is 2.26 bits per heavy atom. The van der Waals surface area contributed by atoms with Crippen molar-refractivity contribution in [3.63, 3.8) is 0 Å². The first kappa shape index (κ1) is 12.5. The highest BCUT2D eigenvalue weighted by atomic mass is 16.6. The summed E-state index contributed by atoms with van der Waals surface area (Å²) in [6.07, 6.45) is 4.85. The Labute approximate surface area is 105 Å². The monoisotopic (exact) mass is 261 g/mol. The first-order chi connectivity index (χ1) is 9.06. The molecular weight excluding hydrogens is 254 g/mol. The Hall–Kier alpha value is -2.99. The van der Waals surface area contributed by atoms with Crippen molar-refractivity contribution in [3.8, 4) is 0 Å². The number of carboxylic acids is 1. The van der Waals surface area contributed by atoms with Gasteiger partial charge in [0.25, 0.3) is 5.70 Å². The summed E-state index contributed by atoms with van der Waals surface area (Å²) in [7, 11) is 0. The van der Waals surface area contributed by atoms with Gasteiger partial charge in [-0.05, 0) is 6.08 Å². The molecule has 0 aliphatic heterocycles. The molecule has 1 aromatic rings. The van der Waals surface area contributed by atoms with Crippen LogP contribution >= 0.6 is 0 Å². The van der Waals surface area contributed by atoms with Crippen LogP contribution in [0.5, 0.6) is 0 Å². The fraction of sp³-hybridized carbons (Fsp3) is 0.0909. The molecule has 1 atom stereocenters. The molecule has 0 saturated heterocycles. The number of aromatic nitrogens is 2. The van der Waals surface area contributed by atoms with Crippen LogP contribution in [-0.2, 0) is 9.59 Å². The fourth-order valence-electron chi connectivity index (χ4n) is 1.84. The van der Waals surface area contributed by atoms with Crippen LogP contribution in [0.1, 0.15) is 11.7 Å². The number of carboxylic acid groups (broad SMARTS) is 1. The van der Waals surface area contributed by atoms with Crippen LogP contribution in [0.3, 0.4) is 0 Å². The lowest BCUT2D eigenvalue weighted by Crippen LogP contribution is -2.21. The second kappa shape index (κ2) is 4.71. The summed E-state index contributed by atoms with van der Waals surface area (Å²) in [5.74, 6) is -0.932. The van der Waals surface area contributed by atoms with Crippen molar-refractivity contribution in [1.29, 1.82) is 0 Å². The Balaban J connectivity index is 2.64. The zero-order valence-electron chi connectivity index (χ0n) is 9.36. The average Bonchev–Trinajstić information content (AvgIpc) is 2.90. The molecule has 0 bridgehead atoms. The molecule has 1 aliphatic rings. The van der Waals surface area contributed by atoms with Gasteiger partial charge >= 0.3 is 5.97 Å². The average molecular weight is 261 g/mol. The van der Waals surface area contributed by atoms with Crippen LogP contribution in [0.15, 0.2) is 41.4 Å². The molecule has 2 rings (SSSR count). The summed E-state index contributed by atoms with van der Waals surface area (Å²) in [5, 5.41) is 20.0. The van der Waals surface area contributed by atoms with E-state index in [1.807, 2.05) is 0 Å². The Morgan fingerprint density at radius 3 is 2.74 bits per heavy atom. The molecule has 1 unspecified atom stereocenters. The molecule has 1 heterocycles. The summed E-state index contributed by atoms with van der Waals surface area (Å²) in [5.41, 5.74) is -0.989. The van der Waals surface area contributed by atoms with Gasteiger partial charge in [-0.2, -0.15) is 0 Å². The van der Waals surface area contributed by atoms with Gasteiger partial charge in [0, 0.05) is 18.5 Å². The van der Waals surface area contributed by atoms with Gasteiger partial charge in [-0.25, -0.2) is 14.6 Å². The number of aromatic amines is 1. The quantitative estimate of drug-likeness (QED) is 0.461. The summed E-state index contributed by atoms with van der Waals surface area (Å²) < 4.78 is 0. The molecule has 2 N–H and O–H groups in total. The highest BCUT2D eigenvalue weighted by molar-refractivity contribution is 5.97. The minimum absolute atomic E-state index is 0.119. The third kappa shape index (κ3) is 2.07. The van der Waals surface area contributed by atoms with E-state index in [0.717, 1.165) is 12.2 Å². The topological polar surface area (TPSA) is 126 Å². The van der Waals surface area contributed by atoms with Crippen LogP contribution in [0.25, 0.3) is 0 Å². The number of carbonyl (C=O) groups is 1.